The fourth-order valence-electron chi connectivity index (χ4n) is 1.96. The summed E-state index contributed by atoms with van der Waals surface area (Å²) in [4.78, 5) is 13.2. The zero-order chi connectivity index (χ0) is 15.0. The number of nitrogens with zero attached hydrogens (tertiary/aromatic N) is 1. The lowest BCUT2D eigenvalue weighted by Crippen LogP contribution is -2.43. The van der Waals surface area contributed by atoms with Gasteiger partial charge in [-0.05, 0) is 37.0 Å². The maximum atomic E-state index is 11.7. The summed E-state index contributed by atoms with van der Waals surface area (Å²) in [5, 5.41) is 0. The fourth-order valence-corrected chi connectivity index (χ4v) is 1.96. The summed E-state index contributed by atoms with van der Waals surface area (Å²) < 4.78 is 5.19. The number of allylic oxidation sites excluding steroid dienone is 1. The van der Waals surface area contributed by atoms with Gasteiger partial charge in [0.2, 0.25) is 0 Å². The summed E-state index contributed by atoms with van der Waals surface area (Å²) in [7, 11) is 1.65. The Labute approximate surface area is 120 Å². The largest absolute Gasteiger partial charge is 0.497 e. The number of ether oxygens (including phenoxy) is 1. The Kier molecular flexibility index (Phi) is 6.59. The van der Waals surface area contributed by atoms with Crippen molar-refractivity contribution in [2.24, 2.45) is 5.84 Å². The number of hydrogen-bond donors (Lipinski definition) is 2. The van der Waals surface area contributed by atoms with E-state index in [9.17, 15) is 4.79 Å². The minimum atomic E-state index is -0.317. The van der Waals surface area contributed by atoms with E-state index in [0.717, 1.165) is 29.9 Å². The summed E-state index contributed by atoms with van der Waals surface area (Å²) >= 11 is 0. The number of nitrogens with two attached hydrogens (primary N) is 1. The molecule has 110 valence electrons. The Bertz CT molecular complexity index is 460. The minimum Gasteiger partial charge on any atom is -0.497 e. The van der Waals surface area contributed by atoms with Crippen LogP contribution in [0.25, 0.3) is 0 Å². The van der Waals surface area contributed by atoms with Crippen molar-refractivity contribution >= 4 is 6.03 Å². The van der Waals surface area contributed by atoms with Crippen molar-refractivity contribution in [1.29, 1.82) is 0 Å². The zero-order valence-electron chi connectivity index (χ0n) is 12.2. The van der Waals surface area contributed by atoms with Gasteiger partial charge in [0.25, 0.3) is 0 Å². The first kappa shape index (κ1) is 16.0. The lowest BCUT2D eigenvalue weighted by molar-refractivity contribution is 0.210. The van der Waals surface area contributed by atoms with Crippen molar-refractivity contribution in [1.82, 2.24) is 10.3 Å². The van der Waals surface area contributed by atoms with Crippen LogP contribution >= 0.6 is 0 Å². The van der Waals surface area contributed by atoms with E-state index in [1.165, 1.54) is 0 Å². The molecule has 0 aromatic heterocycles. The molecule has 0 unspecified atom stereocenters. The van der Waals surface area contributed by atoms with Crippen LogP contribution < -0.4 is 16.0 Å². The van der Waals surface area contributed by atoms with Gasteiger partial charge in [-0.3, -0.25) is 10.3 Å². The maximum Gasteiger partial charge on any atom is 0.335 e. The molecule has 0 saturated heterocycles. The highest BCUT2D eigenvalue weighted by Gasteiger charge is 2.14. The third-order valence-electron chi connectivity index (χ3n) is 3.03. The molecule has 0 atom stereocenters. The molecule has 0 heterocycles. The molecule has 0 bridgehead atoms. The smallest absolute Gasteiger partial charge is 0.335 e. The Morgan fingerprint density at radius 1 is 1.50 bits per heavy atom. The topological polar surface area (TPSA) is 67.6 Å². The fraction of sp³-hybridized carbons (Fsp3) is 0.400. The van der Waals surface area contributed by atoms with Gasteiger partial charge in [-0.1, -0.05) is 25.6 Å². The van der Waals surface area contributed by atoms with Gasteiger partial charge < -0.3 is 4.74 Å². The number of methoxy groups -OCH3 is 1. The summed E-state index contributed by atoms with van der Waals surface area (Å²) in [5.74, 6) is 6.02. The average molecular weight is 277 g/mol. The number of hydrazine groups is 1. The van der Waals surface area contributed by atoms with E-state index in [0.29, 0.717) is 13.0 Å². The van der Waals surface area contributed by atoms with E-state index < -0.39 is 0 Å². The van der Waals surface area contributed by atoms with Crippen LogP contribution in [0.3, 0.4) is 0 Å². The van der Waals surface area contributed by atoms with Crippen LogP contribution in [0.4, 0.5) is 4.79 Å². The van der Waals surface area contributed by atoms with E-state index in [1.54, 1.807) is 12.0 Å². The van der Waals surface area contributed by atoms with Crippen molar-refractivity contribution in [3.05, 3.63) is 42.1 Å². The quantitative estimate of drug-likeness (QED) is 0.457. The van der Waals surface area contributed by atoms with Gasteiger partial charge in [-0.2, -0.15) is 0 Å². The number of rotatable bonds is 7. The Morgan fingerprint density at radius 2 is 2.25 bits per heavy atom. The van der Waals surface area contributed by atoms with Gasteiger partial charge >= 0.3 is 6.03 Å². The maximum absolute atomic E-state index is 11.7. The molecular formula is C15H23N3O2. The molecule has 0 aliphatic carbocycles. The molecule has 1 aromatic carbocycles. The number of carbonyl (C=O) groups excluding carboxylic acids is 1. The van der Waals surface area contributed by atoms with Gasteiger partial charge in [-0.15, -0.1) is 0 Å². The number of urea groups is 1. The van der Waals surface area contributed by atoms with Crippen molar-refractivity contribution in [2.75, 3.05) is 13.7 Å². The minimum absolute atomic E-state index is 0.317. The number of carbonyl (C=O) groups is 1. The van der Waals surface area contributed by atoms with Crippen LogP contribution in [0, 0.1) is 0 Å². The lowest BCUT2D eigenvalue weighted by atomic mass is 10.1. The molecule has 2 amide bonds. The van der Waals surface area contributed by atoms with Crippen LogP contribution in [0.2, 0.25) is 0 Å². The molecule has 5 heteroatoms. The normalized spacial score (nSPS) is 9.95. The Balaban J connectivity index is 2.62. The average Bonchev–Trinajstić information content (AvgIpc) is 2.49. The molecule has 1 rings (SSSR count). The van der Waals surface area contributed by atoms with Gasteiger partial charge in [0, 0.05) is 12.2 Å². The molecule has 0 aliphatic heterocycles. The summed E-state index contributed by atoms with van der Waals surface area (Å²) in [6.07, 6.45) is 2.35. The molecule has 3 N–H and O–H groups in total. The number of aryl methyl sites for hydroxylation is 1. The first-order chi connectivity index (χ1) is 9.62. The van der Waals surface area contributed by atoms with E-state index in [4.69, 9.17) is 10.6 Å². The van der Waals surface area contributed by atoms with E-state index in [1.807, 2.05) is 31.2 Å². The second-order valence-corrected chi connectivity index (χ2v) is 4.52. The highest BCUT2D eigenvalue weighted by atomic mass is 16.5. The van der Waals surface area contributed by atoms with Gasteiger partial charge in [-0.25, -0.2) is 10.6 Å². The SMILES string of the molecule is C=C(CCc1cccc(OC)c1)N(CCC)C(=O)NN. The van der Waals surface area contributed by atoms with Crippen LogP contribution in [0.1, 0.15) is 25.3 Å². The lowest BCUT2D eigenvalue weighted by Gasteiger charge is -2.23. The number of benzene rings is 1. The van der Waals surface area contributed by atoms with Crippen LogP contribution in [0.15, 0.2) is 36.5 Å². The van der Waals surface area contributed by atoms with Crippen LogP contribution in [-0.2, 0) is 6.42 Å². The first-order valence-electron chi connectivity index (χ1n) is 6.71. The third kappa shape index (κ3) is 4.59. The number of hydrogen-bond acceptors (Lipinski definition) is 3. The van der Waals surface area contributed by atoms with Gasteiger partial charge in [0.15, 0.2) is 0 Å². The highest BCUT2D eigenvalue weighted by molar-refractivity contribution is 5.75. The molecule has 1 aromatic rings. The Morgan fingerprint density at radius 3 is 2.85 bits per heavy atom. The van der Waals surface area contributed by atoms with E-state index in [-0.39, 0.29) is 6.03 Å². The predicted octanol–water partition coefficient (Wildman–Crippen LogP) is 2.44. The zero-order valence-corrected chi connectivity index (χ0v) is 12.2. The van der Waals surface area contributed by atoms with Crippen molar-refractivity contribution < 1.29 is 9.53 Å². The van der Waals surface area contributed by atoms with Gasteiger partial charge in [0.1, 0.15) is 5.75 Å². The monoisotopic (exact) mass is 277 g/mol. The molecule has 20 heavy (non-hydrogen) atoms. The molecule has 0 fully saturated rings. The number of nitrogens with one attached hydrogen (secondary N) is 1. The second-order valence-electron chi connectivity index (χ2n) is 4.52. The molecule has 0 radical (unpaired) electrons. The highest BCUT2D eigenvalue weighted by Crippen LogP contribution is 2.17. The molecule has 5 nitrogen and oxygen atoms in total. The molecule has 0 spiro atoms. The Hall–Kier alpha value is -2.01. The molecular weight excluding hydrogens is 254 g/mol. The van der Waals surface area contributed by atoms with E-state index in [2.05, 4.69) is 12.0 Å². The van der Waals surface area contributed by atoms with Crippen LogP contribution in [-0.4, -0.2) is 24.6 Å². The summed E-state index contributed by atoms with van der Waals surface area (Å²) in [5.41, 5.74) is 4.06. The van der Waals surface area contributed by atoms with Crippen molar-refractivity contribution in [3.8, 4) is 5.75 Å². The molecule has 0 aliphatic rings. The third-order valence-corrected chi connectivity index (χ3v) is 3.03. The summed E-state index contributed by atoms with van der Waals surface area (Å²) in [6.45, 7) is 6.60. The van der Waals surface area contributed by atoms with Crippen LogP contribution in [0.5, 0.6) is 5.75 Å². The van der Waals surface area contributed by atoms with Gasteiger partial charge in [0.05, 0.1) is 7.11 Å². The second kappa shape index (κ2) is 8.22. The molecule has 0 saturated carbocycles. The summed E-state index contributed by atoms with van der Waals surface area (Å²) in [6, 6.07) is 7.56. The predicted molar refractivity (Wildman–Crippen MR) is 80.2 cm³/mol. The van der Waals surface area contributed by atoms with E-state index >= 15 is 0 Å². The number of amides is 2. The van der Waals surface area contributed by atoms with Crippen molar-refractivity contribution in [2.45, 2.75) is 26.2 Å². The first-order valence-corrected chi connectivity index (χ1v) is 6.71. The standard InChI is InChI=1S/C15H23N3O2/c1-4-10-18(15(19)17-16)12(2)8-9-13-6-5-7-14(11-13)20-3/h5-7,11H,2,4,8-10,16H2,1,3H3,(H,17,19). The van der Waals surface area contributed by atoms with Crippen molar-refractivity contribution in [3.63, 3.8) is 0 Å².